The van der Waals surface area contributed by atoms with Gasteiger partial charge in [0.25, 0.3) is 0 Å². The van der Waals surface area contributed by atoms with Gasteiger partial charge in [0.2, 0.25) is 0 Å². The summed E-state index contributed by atoms with van der Waals surface area (Å²) in [4.78, 5) is 0. The predicted octanol–water partition coefficient (Wildman–Crippen LogP) is 2.86. The van der Waals surface area contributed by atoms with E-state index in [1.807, 2.05) is 25.2 Å². The molecule has 0 saturated carbocycles. The lowest BCUT2D eigenvalue weighted by Gasteiger charge is -2.02. The second-order valence-electron chi connectivity index (χ2n) is 2.81. The molecule has 1 heteroatoms. The molecule has 58 valence electrons. The summed E-state index contributed by atoms with van der Waals surface area (Å²) in [5.74, 6) is 0. The molecule has 1 rings (SSSR count). The molecule has 0 aromatic heterocycles. The number of allylic oxidation sites excluding steroid dienone is 6. The summed E-state index contributed by atoms with van der Waals surface area (Å²) in [6.45, 7) is 3.90. The molecule has 0 aromatic carbocycles. The van der Waals surface area contributed by atoms with E-state index in [0.717, 1.165) is 12.0 Å². The molecule has 0 heterocycles. The maximum Gasteiger partial charge on any atom is 0.0354 e. The molecule has 1 nitrogen and oxygen atoms in total. The fraction of sp³-hybridized carbons (Fsp3) is 0.300. The van der Waals surface area contributed by atoms with Gasteiger partial charge in [0.05, 0.1) is 0 Å². The van der Waals surface area contributed by atoms with Crippen LogP contribution in [0.4, 0.5) is 0 Å². The SMILES string of the molecule is CC(=N)C1=C(C)CC=CC=C1. The Hall–Kier alpha value is -1.11. The number of hydrogen-bond acceptors (Lipinski definition) is 1. The predicted molar refractivity (Wildman–Crippen MR) is 49.0 cm³/mol. The monoisotopic (exact) mass is 147 g/mol. The van der Waals surface area contributed by atoms with Gasteiger partial charge in [-0.1, -0.05) is 29.9 Å². The van der Waals surface area contributed by atoms with Crippen molar-refractivity contribution in [1.29, 1.82) is 5.41 Å². The Morgan fingerprint density at radius 2 is 2.18 bits per heavy atom. The molecule has 0 aromatic rings. The van der Waals surface area contributed by atoms with E-state index >= 15 is 0 Å². The molecule has 0 atom stereocenters. The first-order valence-electron chi connectivity index (χ1n) is 3.80. The summed E-state index contributed by atoms with van der Waals surface area (Å²) in [5, 5.41) is 7.48. The first kappa shape index (κ1) is 7.99. The van der Waals surface area contributed by atoms with Crippen LogP contribution in [0, 0.1) is 5.41 Å². The molecule has 1 N–H and O–H groups in total. The minimum absolute atomic E-state index is 0.655. The Morgan fingerprint density at radius 1 is 1.45 bits per heavy atom. The van der Waals surface area contributed by atoms with Gasteiger partial charge in [-0.05, 0) is 25.8 Å². The van der Waals surface area contributed by atoms with Crippen LogP contribution in [0.3, 0.4) is 0 Å². The fourth-order valence-corrected chi connectivity index (χ4v) is 1.17. The van der Waals surface area contributed by atoms with Gasteiger partial charge in [0.1, 0.15) is 0 Å². The lowest BCUT2D eigenvalue weighted by atomic mass is 10.0. The topological polar surface area (TPSA) is 23.9 Å². The molecule has 0 amide bonds. The minimum atomic E-state index is 0.655. The van der Waals surface area contributed by atoms with Gasteiger partial charge >= 0.3 is 0 Å². The quantitative estimate of drug-likeness (QED) is 0.551. The molecular weight excluding hydrogens is 134 g/mol. The summed E-state index contributed by atoms with van der Waals surface area (Å²) >= 11 is 0. The lowest BCUT2D eigenvalue weighted by Crippen LogP contribution is -1.94. The average molecular weight is 147 g/mol. The third-order valence-corrected chi connectivity index (χ3v) is 1.80. The van der Waals surface area contributed by atoms with Crippen molar-refractivity contribution in [3.63, 3.8) is 0 Å². The Bertz CT molecular complexity index is 254. The third kappa shape index (κ3) is 1.90. The van der Waals surface area contributed by atoms with E-state index in [1.54, 1.807) is 0 Å². The first-order valence-corrected chi connectivity index (χ1v) is 3.80. The molecular formula is C10H13N. The second-order valence-corrected chi connectivity index (χ2v) is 2.81. The molecule has 0 bridgehead atoms. The highest BCUT2D eigenvalue weighted by atomic mass is 14.4. The highest BCUT2D eigenvalue weighted by molar-refractivity contribution is 5.99. The van der Waals surface area contributed by atoms with E-state index in [0.29, 0.717) is 5.71 Å². The van der Waals surface area contributed by atoms with E-state index < -0.39 is 0 Å². The smallest absolute Gasteiger partial charge is 0.0354 e. The molecule has 11 heavy (non-hydrogen) atoms. The van der Waals surface area contributed by atoms with Crippen LogP contribution in [0.25, 0.3) is 0 Å². The van der Waals surface area contributed by atoms with Crippen molar-refractivity contribution in [3.05, 3.63) is 35.5 Å². The first-order chi connectivity index (χ1) is 5.22. The Labute approximate surface area is 67.6 Å². The normalized spacial score (nSPS) is 16.9. The molecule has 1 aliphatic rings. The van der Waals surface area contributed by atoms with Gasteiger partial charge in [-0.3, -0.25) is 0 Å². The van der Waals surface area contributed by atoms with Crippen molar-refractivity contribution in [3.8, 4) is 0 Å². The molecule has 0 unspecified atom stereocenters. The van der Waals surface area contributed by atoms with E-state index in [-0.39, 0.29) is 0 Å². The number of nitrogens with one attached hydrogen (secondary N) is 1. The zero-order valence-corrected chi connectivity index (χ0v) is 7.02. The molecule has 0 saturated heterocycles. The summed E-state index contributed by atoms with van der Waals surface area (Å²) in [6, 6.07) is 0. The van der Waals surface area contributed by atoms with Crippen molar-refractivity contribution < 1.29 is 0 Å². The summed E-state index contributed by atoms with van der Waals surface area (Å²) in [5.41, 5.74) is 3.01. The van der Waals surface area contributed by atoms with Crippen LogP contribution in [0.1, 0.15) is 20.3 Å². The summed E-state index contributed by atoms with van der Waals surface area (Å²) in [7, 11) is 0. The molecule has 0 aliphatic heterocycles. The minimum Gasteiger partial charge on any atom is -0.305 e. The third-order valence-electron chi connectivity index (χ3n) is 1.80. The van der Waals surface area contributed by atoms with Crippen LogP contribution in [0.5, 0.6) is 0 Å². The van der Waals surface area contributed by atoms with Crippen molar-refractivity contribution in [2.75, 3.05) is 0 Å². The van der Waals surface area contributed by atoms with E-state index in [2.05, 4.69) is 13.0 Å². The van der Waals surface area contributed by atoms with E-state index in [9.17, 15) is 0 Å². The van der Waals surface area contributed by atoms with Crippen molar-refractivity contribution in [2.45, 2.75) is 20.3 Å². The van der Waals surface area contributed by atoms with Crippen molar-refractivity contribution >= 4 is 5.71 Å². The molecule has 0 spiro atoms. The van der Waals surface area contributed by atoms with Gasteiger partial charge in [-0.15, -0.1) is 0 Å². The Balaban J connectivity index is 2.98. The van der Waals surface area contributed by atoms with Gasteiger partial charge in [0.15, 0.2) is 0 Å². The molecule has 0 fully saturated rings. The van der Waals surface area contributed by atoms with Crippen LogP contribution < -0.4 is 0 Å². The summed E-state index contributed by atoms with van der Waals surface area (Å²) < 4.78 is 0. The van der Waals surface area contributed by atoms with E-state index in [4.69, 9.17) is 5.41 Å². The standard InChI is InChI=1S/C10H13N/c1-8-6-4-3-5-7-10(8)9(2)11/h3-5,7,11H,6H2,1-2H3. The van der Waals surface area contributed by atoms with Crippen LogP contribution in [0.15, 0.2) is 35.5 Å². The number of rotatable bonds is 1. The maximum absolute atomic E-state index is 7.48. The Morgan fingerprint density at radius 3 is 2.82 bits per heavy atom. The van der Waals surface area contributed by atoms with Gasteiger partial charge in [-0.25, -0.2) is 0 Å². The van der Waals surface area contributed by atoms with Gasteiger partial charge in [-0.2, -0.15) is 0 Å². The molecule has 1 aliphatic carbocycles. The number of hydrogen-bond donors (Lipinski definition) is 1. The van der Waals surface area contributed by atoms with Gasteiger partial charge < -0.3 is 5.41 Å². The van der Waals surface area contributed by atoms with Crippen molar-refractivity contribution in [2.24, 2.45) is 0 Å². The summed E-state index contributed by atoms with van der Waals surface area (Å²) in [6.07, 6.45) is 9.10. The second kappa shape index (κ2) is 3.33. The maximum atomic E-state index is 7.48. The molecule has 0 radical (unpaired) electrons. The van der Waals surface area contributed by atoms with Crippen LogP contribution >= 0.6 is 0 Å². The highest BCUT2D eigenvalue weighted by Crippen LogP contribution is 2.14. The van der Waals surface area contributed by atoms with Crippen molar-refractivity contribution in [1.82, 2.24) is 0 Å². The zero-order chi connectivity index (χ0) is 8.27. The van der Waals surface area contributed by atoms with Crippen LogP contribution in [-0.2, 0) is 0 Å². The lowest BCUT2D eigenvalue weighted by molar-refractivity contribution is 1.20. The largest absolute Gasteiger partial charge is 0.305 e. The van der Waals surface area contributed by atoms with Crippen LogP contribution in [0.2, 0.25) is 0 Å². The van der Waals surface area contributed by atoms with E-state index in [1.165, 1.54) is 5.57 Å². The Kier molecular flexibility index (Phi) is 2.42. The zero-order valence-electron chi connectivity index (χ0n) is 7.02. The average Bonchev–Trinajstić information content (AvgIpc) is 2.13. The van der Waals surface area contributed by atoms with Crippen LogP contribution in [-0.4, -0.2) is 5.71 Å². The highest BCUT2D eigenvalue weighted by Gasteiger charge is 2.01. The van der Waals surface area contributed by atoms with Gasteiger partial charge in [0, 0.05) is 5.71 Å². The fourth-order valence-electron chi connectivity index (χ4n) is 1.17.